The second kappa shape index (κ2) is 7.09. The van der Waals surface area contributed by atoms with Crippen LogP contribution in [0, 0.1) is 6.92 Å². The molecular formula is C8H8Cl2Zn. The predicted molar refractivity (Wildman–Crippen MR) is 46.4 cm³/mol. The second-order valence-electron chi connectivity index (χ2n) is 1.84. The summed E-state index contributed by atoms with van der Waals surface area (Å²) in [6.07, 6.45) is 0.764. The van der Waals surface area contributed by atoms with E-state index in [9.17, 15) is 0 Å². The second-order valence-corrected chi connectivity index (χ2v) is 2.25. The van der Waals surface area contributed by atoms with Crippen LogP contribution in [0.15, 0.2) is 24.3 Å². The Labute approximate surface area is 86.6 Å². The molecule has 3 heteroatoms. The molecule has 0 atom stereocenters. The maximum atomic E-state index is 5.78. The molecule has 1 rings (SSSR count). The molecule has 56 valence electrons. The molecule has 0 nitrogen and oxygen atoms in total. The van der Waals surface area contributed by atoms with Gasteiger partial charge in [-0.25, -0.2) is 0 Å². The Morgan fingerprint density at radius 2 is 1.82 bits per heavy atom. The zero-order valence-electron chi connectivity index (χ0n) is 6.19. The number of rotatable bonds is 1. The van der Waals surface area contributed by atoms with E-state index < -0.39 is 0 Å². The normalized spacial score (nSPS) is 8.45. The molecule has 0 spiro atoms. The summed E-state index contributed by atoms with van der Waals surface area (Å²) < 4.78 is 0. The Hall–Kier alpha value is 0.423. The van der Waals surface area contributed by atoms with E-state index in [0.29, 0.717) is 0 Å². The van der Waals surface area contributed by atoms with Gasteiger partial charge in [-0.3, -0.25) is 0 Å². The molecule has 1 aromatic carbocycles. The van der Waals surface area contributed by atoms with Crippen molar-refractivity contribution in [3.63, 3.8) is 0 Å². The van der Waals surface area contributed by atoms with Gasteiger partial charge >= 0.3 is 27.0 Å². The van der Waals surface area contributed by atoms with Crippen molar-refractivity contribution in [3.8, 4) is 0 Å². The molecule has 0 amide bonds. The van der Waals surface area contributed by atoms with Gasteiger partial charge in [0.1, 0.15) is 0 Å². The fourth-order valence-electron chi connectivity index (χ4n) is 0.701. The van der Waals surface area contributed by atoms with Gasteiger partial charge in [-0.15, -0.1) is 0 Å². The third kappa shape index (κ3) is 4.10. The molecule has 11 heavy (non-hydrogen) atoms. The number of halogens is 2. The van der Waals surface area contributed by atoms with Gasteiger partial charge < -0.3 is 6.92 Å². The fraction of sp³-hybridized carbons (Fsp3) is 0.125. The summed E-state index contributed by atoms with van der Waals surface area (Å²) in [5, 5.41) is 0.813. The van der Waals surface area contributed by atoms with Crippen molar-refractivity contribution in [2.45, 2.75) is 6.42 Å². The third-order valence-electron chi connectivity index (χ3n) is 1.23. The third-order valence-corrected chi connectivity index (χ3v) is 1.60. The van der Waals surface area contributed by atoms with Gasteiger partial charge in [-0.05, 0) is 6.07 Å². The van der Waals surface area contributed by atoms with Crippen LogP contribution in [0.2, 0.25) is 5.02 Å². The minimum atomic E-state index is 0.764. The monoisotopic (exact) mass is 238 g/mol. The summed E-state index contributed by atoms with van der Waals surface area (Å²) in [6, 6.07) is 7.74. The molecule has 0 aliphatic carbocycles. The molecule has 1 aromatic rings. The van der Waals surface area contributed by atoms with Crippen LogP contribution in [0.3, 0.4) is 0 Å². The maximum absolute atomic E-state index is 5.78. The molecular weight excluding hydrogens is 232 g/mol. The van der Waals surface area contributed by atoms with Crippen molar-refractivity contribution >= 4 is 21.3 Å². The molecule has 0 saturated carbocycles. The van der Waals surface area contributed by atoms with E-state index in [1.807, 2.05) is 24.3 Å². The van der Waals surface area contributed by atoms with Crippen molar-refractivity contribution in [1.82, 2.24) is 0 Å². The molecule has 0 fully saturated rings. The van der Waals surface area contributed by atoms with Crippen LogP contribution >= 0.6 is 21.3 Å². The van der Waals surface area contributed by atoms with Gasteiger partial charge in [0.25, 0.3) is 0 Å². The number of benzene rings is 1. The Bertz CT molecular complexity index is 201. The summed E-state index contributed by atoms with van der Waals surface area (Å²) in [4.78, 5) is 0. The molecule has 0 aliphatic rings. The van der Waals surface area contributed by atoms with Crippen molar-refractivity contribution < 1.29 is 17.3 Å². The number of hydrogen-bond donors (Lipinski definition) is 0. The first kappa shape index (κ1) is 11.4. The summed E-state index contributed by atoms with van der Waals surface area (Å²) in [6.45, 7) is 3.73. The van der Waals surface area contributed by atoms with E-state index in [-0.39, 0.29) is 0 Å². The average molecular weight is 240 g/mol. The van der Waals surface area contributed by atoms with Gasteiger partial charge in [0.15, 0.2) is 0 Å². The zero-order chi connectivity index (χ0) is 8.69. The van der Waals surface area contributed by atoms with E-state index in [4.69, 9.17) is 21.3 Å². The van der Waals surface area contributed by atoms with Crippen molar-refractivity contribution in [2.75, 3.05) is 0 Å². The van der Waals surface area contributed by atoms with Gasteiger partial charge in [0.05, 0.1) is 0 Å². The van der Waals surface area contributed by atoms with Crippen molar-refractivity contribution in [1.29, 1.82) is 0 Å². The number of hydrogen-bond acceptors (Lipinski definition) is 0. The van der Waals surface area contributed by atoms with Gasteiger partial charge in [-0.2, -0.15) is 6.42 Å². The van der Waals surface area contributed by atoms with E-state index >= 15 is 0 Å². The molecule has 0 aliphatic heterocycles. The van der Waals surface area contributed by atoms with Crippen LogP contribution in [-0.2, 0) is 23.7 Å². The minimum absolute atomic E-state index is 0.764. The fourth-order valence-corrected chi connectivity index (χ4v) is 0.931. The molecule has 0 N–H and O–H groups in total. The van der Waals surface area contributed by atoms with Crippen LogP contribution < -0.4 is 0 Å². The van der Waals surface area contributed by atoms with E-state index in [0.717, 1.165) is 34.3 Å². The molecule has 0 bridgehead atoms. The Balaban J connectivity index is 0.000000461. The van der Waals surface area contributed by atoms with Gasteiger partial charge in [-0.1, -0.05) is 35.4 Å². The topological polar surface area (TPSA) is 0 Å². The van der Waals surface area contributed by atoms with Gasteiger partial charge in [0.2, 0.25) is 0 Å². The average Bonchev–Trinajstić information content (AvgIpc) is 2.09. The predicted octanol–water partition coefficient (Wildman–Crippen LogP) is 3.40. The van der Waals surface area contributed by atoms with Crippen molar-refractivity contribution in [3.05, 3.63) is 41.8 Å². The Morgan fingerprint density at radius 3 is 2.18 bits per heavy atom. The summed E-state index contributed by atoms with van der Waals surface area (Å²) >= 11 is 6.63. The van der Waals surface area contributed by atoms with Crippen LogP contribution in [0.25, 0.3) is 0 Å². The van der Waals surface area contributed by atoms with E-state index in [1.54, 1.807) is 0 Å². The molecule has 0 aromatic heterocycles. The first-order valence-corrected chi connectivity index (χ1v) is 7.41. The zero-order valence-corrected chi connectivity index (χ0v) is 10.7. The van der Waals surface area contributed by atoms with Crippen LogP contribution in [-0.4, -0.2) is 0 Å². The van der Waals surface area contributed by atoms with Gasteiger partial charge in [0, 0.05) is 5.02 Å². The molecule has 0 radical (unpaired) electrons. The molecule has 0 unspecified atom stereocenters. The quantitative estimate of drug-likeness (QED) is 0.521. The van der Waals surface area contributed by atoms with Crippen LogP contribution in [0.1, 0.15) is 5.56 Å². The van der Waals surface area contributed by atoms with Crippen LogP contribution in [0.5, 0.6) is 0 Å². The van der Waals surface area contributed by atoms with Crippen LogP contribution in [0.4, 0.5) is 0 Å². The Kier molecular flexibility index (Phi) is 7.37. The molecule has 0 saturated heterocycles. The van der Waals surface area contributed by atoms with E-state index in [2.05, 4.69) is 6.92 Å². The summed E-state index contributed by atoms with van der Waals surface area (Å²) in [5.74, 6) is 0. The standard InChI is InChI=1S/C8H8Cl.ClH.Zn/c1-2-7-5-3-4-6-8(7)9;;/h3-6H,1-2H2;1H;/q-1;;+2/p-1. The Morgan fingerprint density at radius 1 is 1.27 bits per heavy atom. The first-order valence-electron chi connectivity index (χ1n) is 3.14. The molecule has 0 heterocycles. The summed E-state index contributed by atoms with van der Waals surface area (Å²) in [5.41, 5.74) is 1.11. The van der Waals surface area contributed by atoms with E-state index in [1.165, 1.54) is 0 Å². The van der Waals surface area contributed by atoms with Crippen molar-refractivity contribution in [2.24, 2.45) is 0 Å². The summed E-state index contributed by atoms with van der Waals surface area (Å²) in [7, 11) is 4.76. The first-order chi connectivity index (χ1) is 5.34. The SMILES string of the molecule is [CH2-]Cc1ccccc1Cl.[Cl][Zn+].